The van der Waals surface area contributed by atoms with Gasteiger partial charge in [0.05, 0.1) is 17.5 Å². The molecule has 2 atom stereocenters. The number of halogens is 3. The zero-order valence-corrected chi connectivity index (χ0v) is 17.9. The molecule has 1 saturated heterocycles. The number of nitrogens with one attached hydrogen (secondary N) is 1. The molecule has 168 valence electrons. The Morgan fingerprint density at radius 2 is 1.80 bits per heavy atom. The van der Waals surface area contributed by atoms with Crippen molar-refractivity contribution >= 4 is 21.7 Å². The van der Waals surface area contributed by atoms with E-state index in [0.29, 0.717) is 13.0 Å². The maximum atomic E-state index is 12.7. The van der Waals surface area contributed by atoms with Gasteiger partial charge in [-0.3, -0.25) is 14.5 Å². The highest BCUT2D eigenvalue weighted by atomic mass is 32.2. The molecule has 0 aliphatic carbocycles. The molecule has 1 heterocycles. The predicted molar refractivity (Wildman–Crippen MR) is 106 cm³/mol. The zero-order valence-electron chi connectivity index (χ0n) is 17.1. The standard InChI is InChI=1S/C19H26F3N3O4S/c1-13(18(27)25(3)16-8-9-30(28,29)11-16)24(2)10-14-4-6-15(7-5-14)17(26)23-12-19(20,21)22/h4-7,13,16H,8-12H2,1-3H3,(H,23,26). The Morgan fingerprint density at radius 1 is 1.20 bits per heavy atom. The van der Waals surface area contributed by atoms with Crippen LogP contribution in [0.3, 0.4) is 0 Å². The smallest absolute Gasteiger partial charge is 0.343 e. The second kappa shape index (κ2) is 9.34. The van der Waals surface area contributed by atoms with E-state index in [9.17, 15) is 31.2 Å². The number of sulfone groups is 1. The van der Waals surface area contributed by atoms with Gasteiger partial charge in [0.15, 0.2) is 9.84 Å². The number of nitrogens with zero attached hydrogens (tertiary/aromatic N) is 2. The molecule has 1 aliphatic heterocycles. The van der Waals surface area contributed by atoms with Gasteiger partial charge in [-0.25, -0.2) is 8.42 Å². The molecule has 0 spiro atoms. The number of hydrogen-bond acceptors (Lipinski definition) is 5. The Kier molecular flexibility index (Phi) is 7.51. The molecule has 1 aromatic carbocycles. The van der Waals surface area contributed by atoms with E-state index < -0.39 is 34.5 Å². The van der Waals surface area contributed by atoms with Crippen LogP contribution in [0.15, 0.2) is 24.3 Å². The van der Waals surface area contributed by atoms with Crippen LogP contribution in [0.25, 0.3) is 0 Å². The second-order valence-electron chi connectivity index (χ2n) is 7.59. The van der Waals surface area contributed by atoms with Crippen molar-refractivity contribution in [3.63, 3.8) is 0 Å². The molecule has 1 fully saturated rings. The van der Waals surface area contributed by atoms with Crippen molar-refractivity contribution in [2.24, 2.45) is 0 Å². The van der Waals surface area contributed by atoms with Crippen LogP contribution in [0.2, 0.25) is 0 Å². The Morgan fingerprint density at radius 3 is 2.30 bits per heavy atom. The van der Waals surface area contributed by atoms with Gasteiger partial charge in [-0.2, -0.15) is 13.2 Å². The van der Waals surface area contributed by atoms with Crippen LogP contribution in [0.1, 0.15) is 29.3 Å². The van der Waals surface area contributed by atoms with Crippen LogP contribution in [0.4, 0.5) is 13.2 Å². The Hall–Kier alpha value is -2.14. The molecule has 2 unspecified atom stereocenters. The second-order valence-corrected chi connectivity index (χ2v) is 9.82. The van der Waals surface area contributed by atoms with Gasteiger partial charge in [-0.15, -0.1) is 0 Å². The van der Waals surface area contributed by atoms with E-state index in [4.69, 9.17) is 0 Å². The molecule has 11 heteroatoms. The molecule has 2 rings (SSSR count). The Balaban J connectivity index is 1.92. The van der Waals surface area contributed by atoms with Crippen LogP contribution >= 0.6 is 0 Å². The molecule has 0 aromatic heterocycles. The fraction of sp³-hybridized carbons (Fsp3) is 0.579. The van der Waals surface area contributed by atoms with Crippen LogP contribution in [0, 0.1) is 0 Å². The van der Waals surface area contributed by atoms with Crippen LogP contribution in [-0.4, -0.2) is 80.4 Å². The lowest BCUT2D eigenvalue weighted by Gasteiger charge is -2.31. The molecule has 30 heavy (non-hydrogen) atoms. The summed E-state index contributed by atoms with van der Waals surface area (Å²) in [5.74, 6) is -0.946. The van der Waals surface area contributed by atoms with Crippen molar-refractivity contribution in [3.8, 4) is 0 Å². The lowest BCUT2D eigenvalue weighted by molar-refractivity contribution is -0.136. The van der Waals surface area contributed by atoms with E-state index in [1.807, 2.05) is 5.32 Å². The summed E-state index contributed by atoms with van der Waals surface area (Å²) in [7, 11) is 0.251. The molecule has 0 radical (unpaired) electrons. The van der Waals surface area contributed by atoms with Gasteiger partial charge in [0.1, 0.15) is 6.54 Å². The lowest BCUT2D eigenvalue weighted by atomic mass is 10.1. The number of carbonyl (C=O) groups excluding carboxylic acids is 2. The van der Waals surface area contributed by atoms with Gasteiger partial charge in [0, 0.05) is 25.2 Å². The van der Waals surface area contributed by atoms with Crippen molar-refractivity contribution in [2.45, 2.75) is 38.1 Å². The summed E-state index contributed by atoms with van der Waals surface area (Å²) in [6.45, 7) is 0.696. The highest BCUT2D eigenvalue weighted by Gasteiger charge is 2.34. The minimum atomic E-state index is -4.48. The summed E-state index contributed by atoms with van der Waals surface area (Å²) < 4.78 is 59.9. The molecular formula is C19H26F3N3O4S. The normalized spacial score (nSPS) is 19.5. The Bertz CT molecular complexity index is 872. The first kappa shape index (κ1) is 24.1. The molecule has 2 amide bonds. The molecule has 0 bridgehead atoms. The van der Waals surface area contributed by atoms with Gasteiger partial charge < -0.3 is 10.2 Å². The minimum absolute atomic E-state index is 0.0243. The first-order valence-corrected chi connectivity index (χ1v) is 11.2. The average molecular weight is 449 g/mol. The summed E-state index contributed by atoms with van der Waals surface area (Å²) in [6.07, 6.45) is -4.05. The summed E-state index contributed by atoms with van der Waals surface area (Å²) >= 11 is 0. The summed E-state index contributed by atoms with van der Waals surface area (Å²) in [4.78, 5) is 27.7. The summed E-state index contributed by atoms with van der Waals surface area (Å²) in [5, 5.41) is 1.81. The topological polar surface area (TPSA) is 86.8 Å². The maximum Gasteiger partial charge on any atom is 0.405 e. The SMILES string of the molecule is CC(C(=O)N(C)C1CCS(=O)(=O)C1)N(C)Cc1ccc(C(=O)NCC(F)(F)F)cc1. The van der Waals surface area contributed by atoms with E-state index in [0.717, 1.165) is 5.56 Å². The lowest BCUT2D eigenvalue weighted by Crippen LogP contribution is -2.48. The van der Waals surface area contributed by atoms with Crippen molar-refractivity contribution in [2.75, 3.05) is 32.1 Å². The molecule has 1 aliphatic rings. The molecule has 7 nitrogen and oxygen atoms in total. The van der Waals surface area contributed by atoms with Crippen LogP contribution in [0.5, 0.6) is 0 Å². The van der Waals surface area contributed by atoms with Gasteiger partial charge in [0.25, 0.3) is 5.91 Å². The number of carbonyl (C=O) groups is 2. The number of amides is 2. The third kappa shape index (κ3) is 6.69. The quantitative estimate of drug-likeness (QED) is 0.681. The van der Waals surface area contributed by atoms with Gasteiger partial charge in [-0.05, 0) is 38.1 Å². The van der Waals surface area contributed by atoms with Crippen LogP contribution in [-0.2, 0) is 21.2 Å². The zero-order chi connectivity index (χ0) is 22.7. The van der Waals surface area contributed by atoms with Crippen molar-refractivity contribution < 1.29 is 31.2 Å². The van der Waals surface area contributed by atoms with Gasteiger partial charge in [-0.1, -0.05) is 12.1 Å². The number of alkyl halides is 3. The molecule has 0 saturated carbocycles. The number of benzene rings is 1. The van der Waals surface area contributed by atoms with Gasteiger partial charge >= 0.3 is 6.18 Å². The third-order valence-electron chi connectivity index (χ3n) is 5.22. The molecule has 1 N–H and O–H groups in total. The molecule has 1 aromatic rings. The Labute approximate surface area is 174 Å². The highest BCUT2D eigenvalue weighted by molar-refractivity contribution is 7.91. The fourth-order valence-electron chi connectivity index (χ4n) is 3.21. The van der Waals surface area contributed by atoms with Gasteiger partial charge in [0.2, 0.25) is 5.91 Å². The monoisotopic (exact) mass is 449 g/mol. The van der Waals surface area contributed by atoms with E-state index in [1.54, 1.807) is 38.1 Å². The predicted octanol–water partition coefficient (Wildman–Crippen LogP) is 1.44. The minimum Gasteiger partial charge on any atom is -0.343 e. The van der Waals surface area contributed by atoms with Crippen molar-refractivity contribution in [3.05, 3.63) is 35.4 Å². The van der Waals surface area contributed by atoms with Crippen LogP contribution < -0.4 is 5.32 Å². The largest absolute Gasteiger partial charge is 0.405 e. The first-order valence-electron chi connectivity index (χ1n) is 9.40. The van der Waals surface area contributed by atoms with E-state index in [1.165, 1.54) is 17.0 Å². The average Bonchev–Trinajstić information content (AvgIpc) is 3.04. The van der Waals surface area contributed by atoms with E-state index in [2.05, 4.69) is 0 Å². The maximum absolute atomic E-state index is 12.7. The number of likely N-dealkylation sites (N-methyl/N-ethyl adjacent to an activating group) is 2. The fourth-order valence-corrected chi connectivity index (χ4v) is 4.99. The van der Waals surface area contributed by atoms with E-state index in [-0.39, 0.29) is 29.0 Å². The third-order valence-corrected chi connectivity index (χ3v) is 6.97. The molecular weight excluding hydrogens is 423 g/mol. The number of rotatable bonds is 7. The number of hydrogen-bond donors (Lipinski definition) is 1. The first-order chi connectivity index (χ1) is 13.8. The summed E-state index contributed by atoms with van der Waals surface area (Å²) in [5.41, 5.74) is 0.882. The summed E-state index contributed by atoms with van der Waals surface area (Å²) in [6, 6.07) is 5.25. The van der Waals surface area contributed by atoms with E-state index >= 15 is 0 Å². The van der Waals surface area contributed by atoms with Crippen molar-refractivity contribution in [1.82, 2.24) is 15.1 Å². The highest BCUT2D eigenvalue weighted by Crippen LogP contribution is 2.19. The van der Waals surface area contributed by atoms with Crippen molar-refractivity contribution in [1.29, 1.82) is 0 Å².